The number of rotatable bonds is 3. The topological polar surface area (TPSA) is 29.1 Å². The van der Waals surface area contributed by atoms with E-state index in [0.717, 1.165) is 24.0 Å². The average molecular weight is 224 g/mol. The summed E-state index contributed by atoms with van der Waals surface area (Å²) in [4.78, 5) is 11.7. The van der Waals surface area contributed by atoms with Crippen LogP contribution < -0.4 is 5.32 Å². The van der Waals surface area contributed by atoms with Gasteiger partial charge in [-0.25, -0.2) is 0 Å². The van der Waals surface area contributed by atoms with Gasteiger partial charge in [-0.3, -0.25) is 4.79 Å². The van der Waals surface area contributed by atoms with Gasteiger partial charge in [0.1, 0.15) is 5.38 Å². The Hall–Kier alpha value is -1.02. The standard InChI is InChI=1S/C12H14ClNO/c1-8-4-2-3-5-10(8)11(13)12(15)14-9-6-7-9/h2-5,9,11H,6-7H2,1H3,(H,14,15). The van der Waals surface area contributed by atoms with Gasteiger partial charge in [-0.15, -0.1) is 11.6 Å². The van der Waals surface area contributed by atoms with Crippen LogP contribution in [0.4, 0.5) is 0 Å². The van der Waals surface area contributed by atoms with Crippen molar-refractivity contribution in [1.82, 2.24) is 5.32 Å². The lowest BCUT2D eigenvalue weighted by atomic mass is 10.1. The molecule has 1 aromatic carbocycles. The first-order chi connectivity index (χ1) is 7.18. The molecular formula is C12H14ClNO. The second kappa shape index (κ2) is 4.23. The number of benzene rings is 1. The molecule has 0 aromatic heterocycles. The van der Waals surface area contributed by atoms with E-state index >= 15 is 0 Å². The summed E-state index contributed by atoms with van der Waals surface area (Å²) in [6.45, 7) is 1.97. The van der Waals surface area contributed by atoms with Gasteiger partial charge >= 0.3 is 0 Å². The van der Waals surface area contributed by atoms with E-state index in [9.17, 15) is 4.79 Å². The highest BCUT2D eigenvalue weighted by atomic mass is 35.5. The summed E-state index contributed by atoms with van der Waals surface area (Å²) >= 11 is 6.12. The van der Waals surface area contributed by atoms with Crippen molar-refractivity contribution in [2.75, 3.05) is 0 Å². The Kier molecular flexibility index (Phi) is 2.96. The van der Waals surface area contributed by atoms with Gasteiger partial charge < -0.3 is 5.32 Å². The zero-order chi connectivity index (χ0) is 10.8. The summed E-state index contributed by atoms with van der Waals surface area (Å²) in [6.07, 6.45) is 2.17. The van der Waals surface area contributed by atoms with E-state index in [1.807, 2.05) is 31.2 Å². The highest BCUT2D eigenvalue weighted by Crippen LogP contribution is 2.26. The van der Waals surface area contributed by atoms with Crippen LogP contribution in [0.15, 0.2) is 24.3 Å². The summed E-state index contributed by atoms with van der Waals surface area (Å²) in [5, 5.41) is 2.35. The molecule has 2 nitrogen and oxygen atoms in total. The maximum atomic E-state index is 11.7. The van der Waals surface area contributed by atoms with Gasteiger partial charge in [-0.05, 0) is 30.9 Å². The van der Waals surface area contributed by atoms with Crippen LogP contribution in [0, 0.1) is 6.92 Å². The summed E-state index contributed by atoms with van der Waals surface area (Å²) in [5.74, 6) is -0.0755. The normalized spacial score (nSPS) is 17.2. The molecule has 1 amide bonds. The molecule has 80 valence electrons. The fourth-order valence-electron chi connectivity index (χ4n) is 1.51. The van der Waals surface area contributed by atoms with Crippen LogP contribution in [0.25, 0.3) is 0 Å². The molecule has 1 aliphatic rings. The van der Waals surface area contributed by atoms with Gasteiger partial charge in [0.15, 0.2) is 0 Å². The fraction of sp³-hybridized carbons (Fsp3) is 0.417. The molecule has 0 bridgehead atoms. The van der Waals surface area contributed by atoms with Crippen LogP contribution in [0.1, 0.15) is 29.3 Å². The Morgan fingerprint density at radius 1 is 1.47 bits per heavy atom. The molecule has 0 radical (unpaired) electrons. The number of nitrogens with one attached hydrogen (secondary N) is 1. The van der Waals surface area contributed by atoms with Gasteiger partial charge in [0, 0.05) is 6.04 Å². The number of hydrogen-bond donors (Lipinski definition) is 1. The lowest BCUT2D eigenvalue weighted by Crippen LogP contribution is -2.29. The second-order valence-corrected chi connectivity index (χ2v) is 4.44. The Labute approximate surface area is 94.6 Å². The van der Waals surface area contributed by atoms with Gasteiger partial charge in [0.25, 0.3) is 0 Å². The third kappa shape index (κ3) is 2.51. The number of amides is 1. The highest BCUT2D eigenvalue weighted by molar-refractivity contribution is 6.30. The minimum atomic E-state index is -0.563. The van der Waals surface area contributed by atoms with Crippen molar-refractivity contribution in [3.8, 4) is 0 Å². The predicted octanol–water partition coefficient (Wildman–Crippen LogP) is 2.55. The number of hydrogen-bond acceptors (Lipinski definition) is 1. The number of carbonyl (C=O) groups excluding carboxylic acids is 1. The van der Waals surface area contributed by atoms with Crippen molar-refractivity contribution < 1.29 is 4.79 Å². The van der Waals surface area contributed by atoms with Gasteiger partial charge in [0.05, 0.1) is 0 Å². The first kappa shape index (κ1) is 10.5. The minimum Gasteiger partial charge on any atom is -0.352 e. The first-order valence-electron chi connectivity index (χ1n) is 5.18. The Morgan fingerprint density at radius 3 is 2.73 bits per heavy atom. The maximum absolute atomic E-state index is 11.7. The summed E-state index contributed by atoms with van der Waals surface area (Å²) < 4.78 is 0. The van der Waals surface area contributed by atoms with Crippen LogP contribution in [0.5, 0.6) is 0 Å². The largest absolute Gasteiger partial charge is 0.352 e. The van der Waals surface area contributed by atoms with E-state index in [2.05, 4.69) is 5.32 Å². The van der Waals surface area contributed by atoms with E-state index in [1.165, 1.54) is 0 Å². The van der Waals surface area contributed by atoms with Crippen molar-refractivity contribution in [1.29, 1.82) is 0 Å². The molecular weight excluding hydrogens is 210 g/mol. The lowest BCUT2D eigenvalue weighted by Gasteiger charge is -2.12. The Balaban J connectivity index is 2.08. The van der Waals surface area contributed by atoms with Crippen LogP contribution in [0.3, 0.4) is 0 Å². The van der Waals surface area contributed by atoms with E-state index < -0.39 is 5.38 Å². The van der Waals surface area contributed by atoms with E-state index in [-0.39, 0.29) is 5.91 Å². The van der Waals surface area contributed by atoms with E-state index in [0.29, 0.717) is 6.04 Å². The third-order valence-electron chi connectivity index (χ3n) is 2.62. The van der Waals surface area contributed by atoms with Gasteiger partial charge in [-0.2, -0.15) is 0 Å². The van der Waals surface area contributed by atoms with Gasteiger partial charge in [0.2, 0.25) is 5.91 Å². The molecule has 1 N–H and O–H groups in total. The number of carbonyl (C=O) groups is 1. The molecule has 1 aliphatic carbocycles. The molecule has 1 aromatic rings. The van der Waals surface area contributed by atoms with E-state index in [1.54, 1.807) is 0 Å². The van der Waals surface area contributed by atoms with Gasteiger partial charge in [-0.1, -0.05) is 24.3 Å². The molecule has 1 atom stereocenters. The Bertz CT molecular complexity index is 374. The van der Waals surface area contributed by atoms with Crippen LogP contribution in [0.2, 0.25) is 0 Å². The maximum Gasteiger partial charge on any atom is 0.242 e. The van der Waals surface area contributed by atoms with Crippen molar-refractivity contribution in [3.63, 3.8) is 0 Å². The van der Waals surface area contributed by atoms with Crippen molar-refractivity contribution >= 4 is 17.5 Å². The molecule has 15 heavy (non-hydrogen) atoms. The molecule has 1 unspecified atom stereocenters. The quantitative estimate of drug-likeness (QED) is 0.784. The molecule has 3 heteroatoms. The van der Waals surface area contributed by atoms with E-state index in [4.69, 9.17) is 11.6 Å². The number of halogens is 1. The van der Waals surface area contributed by atoms with Crippen molar-refractivity contribution in [3.05, 3.63) is 35.4 Å². The molecule has 2 rings (SSSR count). The molecule has 0 heterocycles. The zero-order valence-corrected chi connectivity index (χ0v) is 9.42. The second-order valence-electron chi connectivity index (χ2n) is 4.00. The van der Waals surface area contributed by atoms with Crippen LogP contribution in [-0.4, -0.2) is 11.9 Å². The lowest BCUT2D eigenvalue weighted by molar-refractivity contribution is -0.121. The molecule has 0 aliphatic heterocycles. The summed E-state index contributed by atoms with van der Waals surface area (Å²) in [6, 6.07) is 8.08. The molecule has 0 spiro atoms. The highest BCUT2D eigenvalue weighted by Gasteiger charge is 2.27. The minimum absolute atomic E-state index is 0.0755. The summed E-state index contributed by atoms with van der Waals surface area (Å²) in [5.41, 5.74) is 1.96. The first-order valence-corrected chi connectivity index (χ1v) is 5.62. The zero-order valence-electron chi connectivity index (χ0n) is 8.66. The average Bonchev–Trinajstić information content (AvgIpc) is 3.01. The number of aryl methyl sites for hydroxylation is 1. The molecule has 0 saturated heterocycles. The van der Waals surface area contributed by atoms with Crippen molar-refractivity contribution in [2.45, 2.75) is 31.2 Å². The predicted molar refractivity (Wildman–Crippen MR) is 60.9 cm³/mol. The molecule has 1 saturated carbocycles. The third-order valence-corrected chi connectivity index (χ3v) is 3.05. The SMILES string of the molecule is Cc1ccccc1C(Cl)C(=O)NC1CC1. The van der Waals surface area contributed by atoms with Crippen molar-refractivity contribution in [2.24, 2.45) is 0 Å². The number of alkyl halides is 1. The van der Waals surface area contributed by atoms with Crippen LogP contribution in [-0.2, 0) is 4.79 Å². The Morgan fingerprint density at radius 2 is 2.13 bits per heavy atom. The summed E-state index contributed by atoms with van der Waals surface area (Å²) in [7, 11) is 0. The monoisotopic (exact) mass is 223 g/mol. The fourth-order valence-corrected chi connectivity index (χ4v) is 1.82. The molecule has 1 fully saturated rings. The smallest absolute Gasteiger partial charge is 0.242 e. The van der Waals surface area contributed by atoms with Crippen LogP contribution >= 0.6 is 11.6 Å².